The second-order valence-electron chi connectivity index (χ2n) is 6.58. The van der Waals surface area contributed by atoms with Crippen molar-refractivity contribution in [1.82, 2.24) is 9.97 Å². The largest absolute Gasteiger partial charge is 0.486 e. The van der Waals surface area contributed by atoms with Gasteiger partial charge in [-0.25, -0.2) is 14.4 Å². The first kappa shape index (κ1) is 21.7. The van der Waals surface area contributed by atoms with Crippen LogP contribution >= 0.6 is 23.2 Å². The number of benzene rings is 2. The van der Waals surface area contributed by atoms with E-state index in [1.54, 1.807) is 50.5 Å². The van der Waals surface area contributed by atoms with Crippen molar-refractivity contribution < 1.29 is 13.9 Å². The van der Waals surface area contributed by atoms with Crippen LogP contribution in [0.5, 0.6) is 5.75 Å². The van der Waals surface area contributed by atoms with E-state index >= 15 is 0 Å². The lowest BCUT2D eigenvalue weighted by molar-refractivity contribution is -0.114. The summed E-state index contributed by atoms with van der Waals surface area (Å²) in [6, 6.07) is 9.80. The van der Waals surface area contributed by atoms with Crippen LogP contribution in [0.1, 0.15) is 31.1 Å². The Hall–Kier alpha value is -2.96. The molecule has 3 aromatic rings. The van der Waals surface area contributed by atoms with Crippen molar-refractivity contribution >= 4 is 35.2 Å². The Kier molecular flexibility index (Phi) is 6.70. The summed E-state index contributed by atoms with van der Waals surface area (Å²) >= 11 is 12.2. The van der Waals surface area contributed by atoms with Gasteiger partial charge in [-0.2, -0.15) is 0 Å². The standard InChI is InChI=1S/C22H18Cl2FN3O2/c1-12(21(26)29)8-14-10-27-22(28-11-14)15-4-3-5-16(9-15)30-13(2)19-17(23)6-7-18(25)20(19)24/h3-11,13H,1-2H3,(H2,26,29). The van der Waals surface area contributed by atoms with Crippen LogP contribution in [0.4, 0.5) is 4.39 Å². The maximum absolute atomic E-state index is 13.8. The van der Waals surface area contributed by atoms with Gasteiger partial charge < -0.3 is 10.5 Å². The van der Waals surface area contributed by atoms with Crippen LogP contribution in [-0.4, -0.2) is 15.9 Å². The number of carbonyl (C=O) groups is 1. The molecule has 0 saturated heterocycles. The quantitative estimate of drug-likeness (QED) is 0.394. The first-order chi connectivity index (χ1) is 14.3. The summed E-state index contributed by atoms with van der Waals surface area (Å²) in [5.41, 5.74) is 7.39. The summed E-state index contributed by atoms with van der Waals surface area (Å²) in [4.78, 5) is 19.8. The zero-order valence-corrected chi connectivity index (χ0v) is 17.7. The van der Waals surface area contributed by atoms with Crippen molar-refractivity contribution in [3.63, 3.8) is 0 Å². The van der Waals surface area contributed by atoms with Gasteiger partial charge in [0.15, 0.2) is 5.82 Å². The third-order valence-corrected chi connectivity index (χ3v) is 5.05. The summed E-state index contributed by atoms with van der Waals surface area (Å²) in [5, 5.41) is 0.257. The van der Waals surface area contributed by atoms with Crippen molar-refractivity contribution in [1.29, 1.82) is 0 Å². The Morgan fingerprint density at radius 3 is 2.57 bits per heavy atom. The van der Waals surface area contributed by atoms with Gasteiger partial charge in [-0.15, -0.1) is 0 Å². The summed E-state index contributed by atoms with van der Waals surface area (Å²) < 4.78 is 19.7. The van der Waals surface area contributed by atoms with E-state index in [4.69, 9.17) is 33.7 Å². The van der Waals surface area contributed by atoms with Crippen molar-refractivity contribution in [3.05, 3.63) is 81.4 Å². The van der Waals surface area contributed by atoms with Gasteiger partial charge in [0.05, 0.1) is 5.02 Å². The van der Waals surface area contributed by atoms with E-state index < -0.39 is 17.8 Å². The molecular formula is C22H18Cl2FN3O2. The van der Waals surface area contributed by atoms with Gasteiger partial charge >= 0.3 is 0 Å². The van der Waals surface area contributed by atoms with Gasteiger partial charge in [-0.1, -0.05) is 35.3 Å². The lowest BCUT2D eigenvalue weighted by atomic mass is 10.1. The first-order valence-corrected chi connectivity index (χ1v) is 9.72. The first-order valence-electron chi connectivity index (χ1n) is 8.97. The molecule has 1 unspecified atom stereocenters. The topological polar surface area (TPSA) is 78.1 Å². The van der Waals surface area contributed by atoms with Crippen LogP contribution in [0, 0.1) is 5.82 Å². The van der Waals surface area contributed by atoms with Gasteiger partial charge in [-0.05, 0) is 44.2 Å². The second-order valence-corrected chi connectivity index (χ2v) is 7.36. The smallest absolute Gasteiger partial charge is 0.244 e. The molecule has 0 spiro atoms. The fraction of sp³-hybridized carbons (Fsp3) is 0.136. The molecule has 30 heavy (non-hydrogen) atoms. The predicted octanol–water partition coefficient (Wildman–Crippen LogP) is 5.62. The fourth-order valence-electron chi connectivity index (χ4n) is 2.77. The van der Waals surface area contributed by atoms with E-state index in [1.807, 2.05) is 6.07 Å². The fourth-order valence-corrected chi connectivity index (χ4v) is 3.45. The molecule has 0 aliphatic carbocycles. The Morgan fingerprint density at radius 1 is 1.20 bits per heavy atom. The van der Waals surface area contributed by atoms with E-state index in [0.29, 0.717) is 33.3 Å². The van der Waals surface area contributed by atoms with Crippen molar-refractivity contribution in [2.24, 2.45) is 5.73 Å². The third-order valence-electron chi connectivity index (χ3n) is 4.33. The molecule has 1 atom stereocenters. The molecular weight excluding hydrogens is 428 g/mol. The highest BCUT2D eigenvalue weighted by Crippen LogP contribution is 2.35. The van der Waals surface area contributed by atoms with Crippen molar-refractivity contribution in [3.8, 4) is 17.1 Å². The van der Waals surface area contributed by atoms with Crippen LogP contribution in [0.3, 0.4) is 0 Å². The molecule has 1 amide bonds. The molecule has 1 aromatic heterocycles. The Morgan fingerprint density at radius 2 is 1.90 bits per heavy atom. The average Bonchev–Trinajstić information content (AvgIpc) is 2.71. The second kappa shape index (κ2) is 9.24. The molecule has 3 rings (SSSR count). The zero-order valence-electron chi connectivity index (χ0n) is 16.2. The van der Waals surface area contributed by atoms with E-state index in [1.165, 1.54) is 12.1 Å². The number of rotatable bonds is 6. The number of primary amides is 1. The summed E-state index contributed by atoms with van der Waals surface area (Å²) in [6.07, 6.45) is 4.22. The van der Waals surface area contributed by atoms with E-state index in [0.717, 1.165) is 5.56 Å². The molecule has 5 nitrogen and oxygen atoms in total. The molecule has 0 radical (unpaired) electrons. The minimum Gasteiger partial charge on any atom is -0.486 e. The summed E-state index contributed by atoms with van der Waals surface area (Å²) in [7, 11) is 0. The van der Waals surface area contributed by atoms with Gasteiger partial charge in [-0.3, -0.25) is 4.79 Å². The lowest BCUT2D eigenvalue weighted by Gasteiger charge is -2.18. The molecule has 0 aliphatic rings. The highest BCUT2D eigenvalue weighted by Gasteiger charge is 2.19. The normalized spacial score (nSPS) is 12.5. The Balaban J connectivity index is 1.82. The van der Waals surface area contributed by atoms with Gasteiger partial charge in [0.1, 0.15) is 17.7 Å². The lowest BCUT2D eigenvalue weighted by Crippen LogP contribution is -2.11. The highest BCUT2D eigenvalue weighted by molar-refractivity contribution is 6.36. The number of nitrogens with zero attached hydrogens (tertiary/aromatic N) is 2. The summed E-state index contributed by atoms with van der Waals surface area (Å²) in [6.45, 7) is 3.35. The Labute approximate surface area is 183 Å². The number of ether oxygens (including phenoxy) is 1. The minimum atomic E-state index is -0.582. The number of hydrogen-bond donors (Lipinski definition) is 1. The average molecular weight is 446 g/mol. The highest BCUT2D eigenvalue weighted by atomic mass is 35.5. The van der Waals surface area contributed by atoms with Crippen molar-refractivity contribution in [2.45, 2.75) is 20.0 Å². The van der Waals surface area contributed by atoms with Crippen LogP contribution in [0.15, 0.2) is 54.4 Å². The van der Waals surface area contributed by atoms with Crippen molar-refractivity contribution in [2.75, 3.05) is 0 Å². The van der Waals surface area contributed by atoms with Crippen LogP contribution < -0.4 is 10.5 Å². The molecule has 0 fully saturated rings. The third kappa shape index (κ3) is 4.96. The monoisotopic (exact) mass is 445 g/mol. The molecule has 2 aromatic carbocycles. The number of hydrogen-bond acceptors (Lipinski definition) is 4. The number of amides is 1. The van der Waals surface area contributed by atoms with Gasteiger partial charge in [0.25, 0.3) is 0 Å². The molecule has 0 aliphatic heterocycles. The molecule has 1 heterocycles. The SMILES string of the molecule is CC(=Cc1cnc(-c2cccc(OC(C)c3c(Cl)ccc(F)c3Cl)c2)nc1)C(N)=O. The molecule has 2 N–H and O–H groups in total. The van der Waals surface area contributed by atoms with Crippen LogP contribution in [0.2, 0.25) is 10.0 Å². The molecule has 154 valence electrons. The number of nitrogens with two attached hydrogens (primary N) is 1. The Bertz CT molecular complexity index is 1120. The van der Waals surface area contributed by atoms with Gasteiger partial charge in [0, 0.05) is 39.7 Å². The van der Waals surface area contributed by atoms with E-state index in [-0.39, 0.29) is 5.02 Å². The number of aromatic nitrogens is 2. The molecule has 0 bridgehead atoms. The van der Waals surface area contributed by atoms with E-state index in [2.05, 4.69) is 9.97 Å². The van der Waals surface area contributed by atoms with E-state index in [9.17, 15) is 9.18 Å². The zero-order chi connectivity index (χ0) is 21.8. The molecule has 0 saturated carbocycles. The predicted molar refractivity (Wildman–Crippen MR) is 116 cm³/mol. The maximum Gasteiger partial charge on any atom is 0.244 e. The van der Waals surface area contributed by atoms with Gasteiger partial charge in [0.2, 0.25) is 5.91 Å². The number of halogens is 3. The summed E-state index contributed by atoms with van der Waals surface area (Å²) in [5.74, 6) is -0.0664. The molecule has 8 heteroatoms. The minimum absolute atomic E-state index is 0.0654. The maximum atomic E-state index is 13.8. The van der Waals surface area contributed by atoms with Crippen LogP contribution in [0.25, 0.3) is 17.5 Å². The van der Waals surface area contributed by atoms with Crippen LogP contribution in [-0.2, 0) is 4.79 Å². The number of carbonyl (C=O) groups excluding carboxylic acids is 1.